The molecule has 0 saturated heterocycles. The zero-order valence-electron chi connectivity index (χ0n) is 10.9. The molecule has 1 aromatic carbocycles. The fourth-order valence-corrected chi connectivity index (χ4v) is 2.66. The Balaban J connectivity index is 2.38. The second-order valence-corrected chi connectivity index (χ2v) is 6.07. The minimum absolute atomic E-state index is 0.278. The first-order valence-corrected chi connectivity index (χ1v) is 6.91. The molecular formula is C15H15N3S. The smallest absolute Gasteiger partial charge is 0.141 e. The van der Waals surface area contributed by atoms with Crippen LogP contribution in [0.1, 0.15) is 19.4 Å². The molecule has 0 unspecified atom stereocenters. The van der Waals surface area contributed by atoms with Crippen LogP contribution in [0.25, 0.3) is 11.1 Å². The summed E-state index contributed by atoms with van der Waals surface area (Å²) in [5, 5.41) is 9.71. The molecule has 1 aromatic heterocycles. The van der Waals surface area contributed by atoms with E-state index >= 15 is 0 Å². The first kappa shape index (κ1) is 13.4. The fourth-order valence-electron chi connectivity index (χ4n) is 1.82. The van der Waals surface area contributed by atoms with Gasteiger partial charge in [-0.2, -0.15) is 5.26 Å². The summed E-state index contributed by atoms with van der Waals surface area (Å²) in [4.78, 5) is 5.17. The van der Waals surface area contributed by atoms with Crippen LogP contribution in [0.5, 0.6) is 0 Å². The maximum absolute atomic E-state index is 9.16. The number of nitrogens with two attached hydrogens (primary N) is 1. The number of benzene rings is 1. The van der Waals surface area contributed by atoms with Crippen LogP contribution in [-0.4, -0.2) is 10.2 Å². The number of pyridine rings is 1. The average molecular weight is 269 g/mol. The SMILES string of the molecule is CC(C)Sc1ccc(-c2ccnc(N)c2C#N)cc1. The van der Waals surface area contributed by atoms with Crippen molar-refractivity contribution in [2.45, 2.75) is 24.0 Å². The molecule has 0 bridgehead atoms. The summed E-state index contributed by atoms with van der Waals surface area (Å²) in [6, 6.07) is 12.1. The van der Waals surface area contributed by atoms with Gasteiger partial charge in [-0.05, 0) is 23.8 Å². The van der Waals surface area contributed by atoms with Crippen molar-refractivity contribution in [3.63, 3.8) is 0 Å². The van der Waals surface area contributed by atoms with E-state index in [9.17, 15) is 0 Å². The number of hydrogen-bond donors (Lipinski definition) is 1. The maximum atomic E-state index is 9.16. The van der Waals surface area contributed by atoms with Gasteiger partial charge >= 0.3 is 0 Å². The lowest BCUT2D eigenvalue weighted by atomic mass is 10.0. The zero-order valence-corrected chi connectivity index (χ0v) is 11.7. The highest BCUT2D eigenvalue weighted by Crippen LogP contribution is 2.29. The van der Waals surface area contributed by atoms with E-state index < -0.39 is 0 Å². The summed E-state index contributed by atoms with van der Waals surface area (Å²) in [6.07, 6.45) is 1.63. The van der Waals surface area contributed by atoms with E-state index in [1.54, 1.807) is 6.20 Å². The maximum Gasteiger partial charge on any atom is 0.141 e. The molecule has 19 heavy (non-hydrogen) atoms. The normalized spacial score (nSPS) is 10.4. The van der Waals surface area contributed by atoms with Crippen molar-refractivity contribution in [3.8, 4) is 17.2 Å². The molecule has 0 radical (unpaired) electrons. The van der Waals surface area contributed by atoms with Crippen molar-refractivity contribution in [1.29, 1.82) is 5.26 Å². The Morgan fingerprint density at radius 3 is 2.47 bits per heavy atom. The van der Waals surface area contributed by atoms with E-state index in [1.165, 1.54) is 4.90 Å². The van der Waals surface area contributed by atoms with Gasteiger partial charge in [0, 0.05) is 21.9 Å². The minimum Gasteiger partial charge on any atom is -0.383 e. The topological polar surface area (TPSA) is 62.7 Å². The minimum atomic E-state index is 0.278. The average Bonchev–Trinajstić information content (AvgIpc) is 2.38. The second-order valence-electron chi connectivity index (χ2n) is 4.42. The van der Waals surface area contributed by atoms with E-state index in [2.05, 4.69) is 37.0 Å². The van der Waals surface area contributed by atoms with Gasteiger partial charge in [0.25, 0.3) is 0 Å². The molecule has 2 rings (SSSR count). The van der Waals surface area contributed by atoms with Crippen LogP contribution in [0.4, 0.5) is 5.82 Å². The number of aromatic nitrogens is 1. The summed E-state index contributed by atoms with van der Waals surface area (Å²) in [6.45, 7) is 4.33. The van der Waals surface area contributed by atoms with E-state index in [4.69, 9.17) is 11.0 Å². The number of rotatable bonds is 3. The van der Waals surface area contributed by atoms with Crippen molar-refractivity contribution < 1.29 is 0 Å². The Labute approximate surface area is 117 Å². The van der Waals surface area contributed by atoms with Crippen LogP contribution in [0, 0.1) is 11.3 Å². The lowest BCUT2D eigenvalue weighted by molar-refractivity contribution is 1.11. The number of nitrogen functional groups attached to an aromatic ring is 1. The molecule has 96 valence electrons. The van der Waals surface area contributed by atoms with Crippen LogP contribution < -0.4 is 5.73 Å². The molecule has 0 aliphatic carbocycles. The van der Waals surface area contributed by atoms with Gasteiger partial charge in [0.15, 0.2) is 0 Å². The van der Waals surface area contributed by atoms with E-state index in [-0.39, 0.29) is 5.82 Å². The highest BCUT2D eigenvalue weighted by molar-refractivity contribution is 7.99. The predicted molar refractivity (Wildman–Crippen MR) is 79.8 cm³/mol. The molecular weight excluding hydrogens is 254 g/mol. The van der Waals surface area contributed by atoms with Crippen molar-refractivity contribution >= 4 is 17.6 Å². The second kappa shape index (κ2) is 5.77. The molecule has 1 heterocycles. The van der Waals surface area contributed by atoms with Gasteiger partial charge in [-0.3, -0.25) is 0 Å². The van der Waals surface area contributed by atoms with Gasteiger partial charge in [-0.25, -0.2) is 4.98 Å². The Hall–Kier alpha value is -1.99. The number of thioether (sulfide) groups is 1. The van der Waals surface area contributed by atoms with Crippen molar-refractivity contribution in [1.82, 2.24) is 4.98 Å². The summed E-state index contributed by atoms with van der Waals surface area (Å²) < 4.78 is 0. The summed E-state index contributed by atoms with van der Waals surface area (Å²) in [5.74, 6) is 0.278. The molecule has 2 N–H and O–H groups in total. The van der Waals surface area contributed by atoms with Gasteiger partial charge in [-0.1, -0.05) is 26.0 Å². The zero-order chi connectivity index (χ0) is 13.8. The van der Waals surface area contributed by atoms with Crippen LogP contribution in [0.2, 0.25) is 0 Å². The predicted octanol–water partition coefficient (Wildman–Crippen LogP) is 3.70. The lowest BCUT2D eigenvalue weighted by Crippen LogP contribution is -1.96. The number of anilines is 1. The van der Waals surface area contributed by atoms with Gasteiger partial charge in [0.1, 0.15) is 17.5 Å². The Kier molecular flexibility index (Phi) is 4.08. The molecule has 4 heteroatoms. The molecule has 0 aliphatic rings. The third-order valence-electron chi connectivity index (χ3n) is 2.63. The van der Waals surface area contributed by atoms with Gasteiger partial charge < -0.3 is 5.73 Å². The lowest BCUT2D eigenvalue weighted by Gasteiger charge is -2.08. The molecule has 0 amide bonds. The highest BCUT2D eigenvalue weighted by atomic mass is 32.2. The van der Waals surface area contributed by atoms with Crippen molar-refractivity contribution in [2.24, 2.45) is 0 Å². The molecule has 0 fully saturated rings. The van der Waals surface area contributed by atoms with E-state index in [0.29, 0.717) is 10.8 Å². The van der Waals surface area contributed by atoms with Crippen LogP contribution in [-0.2, 0) is 0 Å². The summed E-state index contributed by atoms with van der Waals surface area (Å²) >= 11 is 1.81. The standard InChI is InChI=1S/C15H15N3S/c1-10(2)19-12-5-3-11(4-6-12)13-7-8-18-15(17)14(13)9-16/h3-8,10H,1-2H3,(H2,17,18). The Bertz CT molecular complexity index is 612. The van der Waals surface area contributed by atoms with E-state index in [1.807, 2.05) is 30.0 Å². The molecule has 0 spiro atoms. The number of nitriles is 1. The Morgan fingerprint density at radius 2 is 1.89 bits per heavy atom. The summed E-state index contributed by atoms with van der Waals surface area (Å²) in [7, 11) is 0. The number of hydrogen-bond acceptors (Lipinski definition) is 4. The van der Waals surface area contributed by atoms with E-state index in [0.717, 1.165) is 11.1 Å². The first-order valence-electron chi connectivity index (χ1n) is 6.03. The van der Waals surface area contributed by atoms with Crippen LogP contribution in [0.3, 0.4) is 0 Å². The van der Waals surface area contributed by atoms with Gasteiger partial charge in [0.05, 0.1) is 0 Å². The monoisotopic (exact) mass is 269 g/mol. The molecule has 0 aliphatic heterocycles. The van der Waals surface area contributed by atoms with Gasteiger partial charge in [-0.15, -0.1) is 11.8 Å². The van der Waals surface area contributed by atoms with Crippen LogP contribution in [0.15, 0.2) is 41.4 Å². The van der Waals surface area contributed by atoms with Crippen molar-refractivity contribution in [3.05, 3.63) is 42.1 Å². The van der Waals surface area contributed by atoms with Crippen molar-refractivity contribution in [2.75, 3.05) is 5.73 Å². The fraction of sp³-hybridized carbons (Fsp3) is 0.200. The molecule has 0 saturated carbocycles. The van der Waals surface area contributed by atoms with Crippen LogP contribution >= 0.6 is 11.8 Å². The molecule has 2 aromatic rings. The summed E-state index contributed by atoms with van der Waals surface area (Å²) in [5.41, 5.74) is 7.98. The Morgan fingerprint density at radius 1 is 1.21 bits per heavy atom. The third kappa shape index (κ3) is 3.07. The first-order chi connectivity index (χ1) is 9.11. The highest BCUT2D eigenvalue weighted by Gasteiger charge is 2.09. The third-order valence-corrected chi connectivity index (χ3v) is 3.64. The largest absolute Gasteiger partial charge is 0.383 e. The quantitative estimate of drug-likeness (QED) is 0.863. The molecule has 0 atom stereocenters. The molecule has 3 nitrogen and oxygen atoms in total. The van der Waals surface area contributed by atoms with Gasteiger partial charge in [0.2, 0.25) is 0 Å². The number of nitrogens with zero attached hydrogens (tertiary/aromatic N) is 2.